The number of nitrogens with zero attached hydrogens (tertiary/aromatic N) is 1. The van der Waals surface area contributed by atoms with Gasteiger partial charge in [0.2, 0.25) is 5.76 Å². The van der Waals surface area contributed by atoms with Crippen molar-refractivity contribution >= 4 is 40.1 Å². The Hall–Kier alpha value is -3.28. The van der Waals surface area contributed by atoms with E-state index in [1.165, 1.54) is 0 Å². The van der Waals surface area contributed by atoms with Gasteiger partial charge in [0.25, 0.3) is 5.91 Å². The summed E-state index contributed by atoms with van der Waals surface area (Å²) in [7, 11) is 1.60. The van der Waals surface area contributed by atoms with Crippen LogP contribution in [0.1, 0.15) is 44.4 Å². The molecule has 1 unspecified atom stereocenters. The highest BCUT2D eigenvalue weighted by atomic mass is 35.5. The molecule has 1 amide bonds. The molecule has 1 aliphatic rings. The van der Waals surface area contributed by atoms with Crippen LogP contribution in [0.5, 0.6) is 5.75 Å². The predicted octanol–water partition coefficient (Wildman–Crippen LogP) is 6.47. The van der Waals surface area contributed by atoms with Gasteiger partial charge in [-0.1, -0.05) is 47.5 Å². The Morgan fingerprint density at radius 1 is 0.971 bits per heavy atom. The van der Waals surface area contributed by atoms with E-state index in [1.807, 2.05) is 44.2 Å². The van der Waals surface area contributed by atoms with Crippen molar-refractivity contribution in [2.75, 3.05) is 7.11 Å². The van der Waals surface area contributed by atoms with Crippen LogP contribution in [0.15, 0.2) is 63.8 Å². The van der Waals surface area contributed by atoms with Gasteiger partial charge in [-0.3, -0.25) is 9.59 Å². The standard InChI is InChI=1S/C27H21Cl2NO4/c1-14-10-15(2)25-19(11-14)24(31)22-23(17-6-9-20(28)21(29)12-17)30(27(32)26(22)34-25)13-16-4-7-18(33-3)8-5-16/h4-12,23H,13H2,1-3H3. The molecule has 4 aromatic rings. The molecular weight excluding hydrogens is 473 g/mol. The summed E-state index contributed by atoms with van der Waals surface area (Å²) in [6.45, 7) is 4.07. The number of carbonyl (C=O) groups is 1. The van der Waals surface area contributed by atoms with Crippen molar-refractivity contribution in [1.82, 2.24) is 4.90 Å². The molecule has 7 heteroatoms. The van der Waals surface area contributed by atoms with E-state index in [0.717, 1.165) is 22.4 Å². The molecule has 0 bridgehead atoms. The Labute approximate surface area is 206 Å². The van der Waals surface area contributed by atoms with Crippen molar-refractivity contribution < 1.29 is 13.9 Å². The quantitative estimate of drug-likeness (QED) is 0.326. The highest BCUT2D eigenvalue weighted by molar-refractivity contribution is 6.42. The summed E-state index contributed by atoms with van der Waals surface area (Å²) in [4.78, 5) is 29.1. The molecule has 5 rings (SSSR count). The maximum atomic E-state index is 13.8. The number of methoxy groups -OCH3 is 1. The molecule has 0 radical (unpaired) electrons. The number of aryl methyl sites for hydroxylation is 2. The van der Waals surface area contributed by atoms with E-state index in [2.05, 4.69) is 0 Å². The van der Waals surface area contributed by atoms with Crippen LogP contribution in [0.3, 0.4) is 0 Å². The van der Waals surface area contributed by atoms with Crippen LogP contribution in [0.25, 0.3) is 11.0 Å². The third-order valence-corrected chi connectivity index (χ3v) is 6.91. The molecule has 0 N–H and O–H groups in total. The number of fused-ring (bicyclic) bond motifs is 2. The Kier molecular flexibility index (Phi) is 5.62. The zero-order valence-electron chi connectivity index (χ0n) is 18.8. The fourth-order valence-electron chi connectivity index (χ4n) is 4.59. The van der Waals surface area contributed by atoms with Crippen LogP contribution in [-0.4, -0.2) is 17.9 Å². The van der Waals surface area contributed by atoms with Crippen LogP contribution < -0.4 is 10.2 Å². The van der Waals surface area contributed by atoms with Crippen molar-refractivity contribution in [3.8, 4) is 5.75 Å². The number of carbonyl (C=O) groups excluding carboxylic acids is 1. The minimum absolute atomic E-state index is 0.0639. The first-order valence-corrected chi connectivity index (χ1v) is 11.5. The summed E-state index contributed by atoms with van der Waals surface area (Å²) in [5.41, 5.74) is 3.85. The van der Waals surface area contributed by atoms with Gasteiger partial charge in [-0.25, -0.2) is 0 Å². The Bertz CT molecular complexity index is 1510. The number of ether oxygens (including phenoxy) is 1. The highest BCUT2D eigenvalue weighted by Gasteiger charge is 2.43. The molecule has 0 spiro atoms. The number of rotatable bonds is 4. The molecule has 1 aromatic heterocycles. The highest BCUT2D eigenvalue weighted by Crippen LogP contribution is 2.41. The number of halogens is 2. The molecule has 0 aliphatic carbocycles. The van der Waals surface area contributed by atoms with Gasteiger partial charge in [-0.2, -0.15) is 0 Å². The van der Waals surface area contributed by atoms with Gasteiger partial charge in [-0.05, 0) is 66.4 Å². The molecule has 172 valence electrons. The largest absolute Gasteiger partial charge is 0.497 e. The van der Waals surface area contributed by atoms with Gasteiger partial charge in [-0.15, -0.1) is 0 Å². The summed E-state index contributed by atoms with van der Waals surface area (Å²) in [5.74, 6) is 0.435. The number of hydrogen-bond acceptors (Lipinski definition) is 4. The van der Waals surface area contributed by atoms with Crippen LogP contribution in [0.4, 0.5) is 0 Å². The Morgan fingerprint density at radius 3 is 2.38 bits per heavy atom. The lowest BCUT2D eigenvalue weighted by atomic mass is 9.97. The monoisotopic (exact) mass is 493 g/mol. The first kappa shape index (κ1) is 22.5. The molecule has 3 aromatic carbocycles. The number of amides is 1. The third-order valence-electron chi connectivity index (χ3n) is 6.17. The second kappa shape index (κ2) is 8.49. The summed E-state index contributed by atoms with van der Waals surface area (Å²) in [6.07, 6.45) is 0. The molecule has 5 nitrogen and oxygen atoms in total. The Balaban J connectivity index is 1.73. The van der Waals surface area contributed by atoms with Gasteiger partial charge < -0.3 is 14.1 Å². The maximum Gasteiger partial charge on any atom is 0.291 e. The van der Waals surface area contributed by atoms with Crippen LogP contribution >= 0.6 is 23.2 Å². The smallest absolute Gasteiger partial charge is 0.291 e. The SMILES string of the molecule is COc1ccc(CN2C(=O)c3oc4c(C)cc(C)cc4c(=O)c3C2c2ccc(Cl)c(Cl)c2)cc1. The maximum absolute atomic E-state index is 13.8. The Morgan fingerprint density at radius 2 is 1.71 bits per heavy atom. The van der Waals surface area contributed by atoms with E-state index >= 15 is 0 Å². The molecule has 0 saturated heterocycles. The molecule has 2 heterocycles. The minimum atomic E-state index is -0.666. The van der Waals surface area contributed by atoms with Crippen molar-refractivity contribution in [2.45, 2.75) is 26.4 Å². The summed E-state index contributed by atoms with van der Waals surface area (Å²) >= 11 is 12.5. The third kappa shape index (κ3) is 3.65. The van der Waals surface area contributed by atoms with E-state index in [4.69, 9.17) is 32.4 Å². The van der Waals surface area contributed by atoms with Crippen molar-refractivity contribution in [2.24, 2.45) is 0 Å². The van der Waals surface area contributed by atoms with E-state index < -0.39 is 6.04 Å². The van der Waals surface area contributed by atoms with Crippen molar-refractivity contribution in [1.29, 1.82) is 0 Å². The molecule has 0 fully saturated rings. The van der Waals surface area contributed by atoms with Crippen LogP contribution in [0.2, 0.25) is 10.0 Å². The zero-order chi connectivity index (χ0) is 24.1. The van der Waals surface area contributed by atoms with Crippen molar-refractivity contribution in [3.63, 3.8) is 0 Å². The predicted molar refractivity (Wildman–Crippen MR) is 133 cm³/mol. The fraction of sp³-hybridized carbons (Fsp3) is 0.185. The fourth-order valence-corrected chi connectivity index (χ4v) is 4.90. The zero-order valence-corrected chi connectivity index (χ0v) is 20.3. The number of hydrogen-bond donors (Lipinski definition) is 0. The second-order valence-corrected chi connectivity index (χ2v) is 9.30. The average molecular weight is 494 g/mol. The lowest BCUT2D eigenvalue weighted by Gasteiger charge is -2.25. The lowest BCUT2D eigenvalue weighted by molar-refractivity contribution is 0.0714. The molecule has 34 heavy (non-hydrogen) atoms. The van der Waals surface area contributed by atoms with E-state index in [9.17, 15) is 9.59 Å². The van der Waals surface area contributed by atoms with E-state index in [1.54, 1.807) is 36.3 Å². The topological polar surface area (TPSA) is 59.8 Å². The first-order chi connectivity index (χ1) is 16.3. The average Bonchev–Trinajstić information content (AvgIpc) is 3.09. The molecule has 1 aliphatic heterocycles. The summed E-state index contributed by atoms with van der Waals surface area (Å²) in [5, 5.41) is 1.20. The van der Waals surface area contributed by atoms with E-state index in [-0.39, 0.29) is 23.6 Å². The second-order valence-electron chi connectivity index (χ2n) is 8.49. The molecule has 1 atom stereocenters. The van der Waals surface area contributed by atoms with Gasteiger partial charge in [0.05, 0.1) is 34.1 Å². The van der Waals surface area contributed by atoms with Gasteiger partial charge >= 0.3 is 0 Å². The van der Waals surface area contributed by atoms with Crippen molar-refractivity contribution in [3.05, 3.63) is 108 Å². The molecule has 0 saturated carbocycles. The van der Waals surface area contributed by atoms with Crippen LogP contribution in [0, 0.1) is 13.8 Å². The van der Waals surface area contributed by atoms with Crippen LogP contribution in [-0.2, 0) is 6.54 Å². The van der Waals surface area contributed by atoms with E-state index in [0.29, 0.717) is 32.1 Å². The number of benzene rings is 3. The van der Waals surface area contributed by atoms with Gasteiger partial charge in [0, 0.05) is 6.54 Å². The minimum Gasteiger partial charge on any atom is -0.497 e. The van der Waals surface area contributed by atoms with Gasteiger partial charge in [0.1, 0.15) is 11.3 Å². The normalized spacial score (nSPS) is 15.1. The lowest BCUT2D eigenvalue weighted by Crippen LogP contribution is -2.29. The summed E-state index contributed by atoms with van der Waals surface area (Å²) in [6, 6.07) is 15.7. The first-order valence-electron chi connectivity index (χ1n) is 10.7. The molecular formula is C27H21Cl2NO4. The summed E-state index contributed by atoms with van der Waals surface area (Å²) < 4.78 is 11.4. The van der Waals surface area contributed by atoms with Gasteiger partial charge in [0.15, 0.2) is 5.43 Å².